The van der Waals surface area contributed by atoms with E-state index in [1.54, 1.807) is 0 Å². The van der Waals surface area contributed by atoms with Crippen molar-refractivity contribution in [2.45, 2.75) is 0 Å². The maximum atomic E-state index is 13.5. The fraction of sp³-hybridized carbons (Fsp3) is 0.429. The molecule has 128 valence electrons. The maximum Gasteiger partial charge on any atom is 0.313 e. The van der Waals surface area contributed by atoms with Crippen LogP contribution in [-0.4, -0.2) is 57.2 Å². The quantitative estimate of drug-likeness (QED) is 0.600. The fourth-order valence-electron chi connectivity index (χ4n) is 1.66. The highest BCUT2D eigenvalue weighted by Crippen LogP contribution is 2.19. The van der Waals surface area contributed by atoms with E-state index in [4.69, 9.17) is 9.47 Å². The van der Waals surface area contributed by atoms with Crippen LogP contribution < -0.4 is 5.32 Å². The lowest BCUT2D eigenvalue weighted by Gasteiger charge is -2.21. The summed E-state index contributed by atoms with van der Waals surface area (Å²) >= 11 is 0. The van der Waals surface area contributed by atoms with Crippen LogP contribution in [0.15, 0.2) is 12.1 Å². The van der Waals surface area contributed by atoms with E-state index in [9.17, 15) is 22.8 Å². The Kier molecular flexibility index (Phi) is 7.49. The van der Waals surface area contributed by atoms with Crippen molar-refractivity contribution in [3.8, 4) is 0 Å². The molecule has 6 nitrogen and oxygen atoms in total. The summed E-state index contributed by atoms with van der Waals surface area (Å²) < 4.78 is 49.1. The zero-order valence-electron chi connectivity index (χ0n) is 12.7. The van der Waals surface area contributed by atoms with E-state index in [1.807, 2.05) is 5.32 Å². The summed E-state index contributed by atoms with van der Waals surface area (Å²) in [4.78, 5) is 25.0. The fourth-order valence-corrected chi connectivity index (χ4v) is 1.66. The first-order valence-electron chi connectivity index (χ1n) is 6.64. The average Bonchev–Trinajstić information content (AvgIpc) is 2.55. The number of amides is 2. The first-order valence-corrected chi connectivity index (χ1v) is 6.64. The van der Waals surface area contributed by atoms with E-state index >= 15 is 0 Å². The van der Waals surface area contributed by atoms with Crippen molar-refractivity contribution in [3.63, 3.8) is 0 Å². The highest BCUT2D eigenvalue weighted by molar-refractivity contribution is 6.39. The molecule has 0 atom stereocenters. The van der Waals surface area contributed by atoms with Crippen molar-refractivity contribution in [1.29, 1.82) is 0 Å². The van der Waals surface area contributed by atoms with Crippen LogP contribution in [0.3, 0.4) is 0 Å². The molecule has 0 heterocycles. The highest BCUT2D eigenvalue weighted by Gasteiger charge is 2.23. The van der Waals surface area contributed by atoms with Gasteiger partial charge in [0.25, 0.3) is 0 Å². The summed E-state index contributed by atoms with van der Waals surface area (Å²) in [6.45, 7) is 0.600. The summed E-state index contributed by atoms with van der Waals surface area (Å²) in [6.07, 6.45) is 0. The standard InChI is InChI=1S/C14H17F3N2O4/c1-22-7-5-19(6-8-23-2)14(21)13(20)18-10-4-3-9(15)11(16)12(10)17/h3-4H,5-8H2,1-2H3,(H,18,20). The molecule has 1 aromatic carbocycles. The van der Waals surface area contributed by atoms with Crippen molar-refractivity contribution in [2.75, 3.05) is 45.8 Å². The van der Waals surface area contributed by atoms with Gasteiger partial charge in [-0.3, -0.25) is 9.59 Å². The second-order valence-electron chi connectivity index (χ2n) is 4.45. The van der Waals surface area contributed by atoms with Gasteiger partial charge in [-0.2, -0.15) is 0 Å². The molecule has 1 rings (SSSR count). The van der Waals surface area contributed by atoms with E-state index in [0.29, 0.717) is 6.07 Å². The Morgan fingerprint density at radius 1 is 1.04 bits per heavy atom. The van der Waals surface area contributed by atoms with Crippen LogP contribution in [-0.2, 0) is 19.1 Å². The minimum absolute atomic E-state index is 0.117. The number of carbonyl (C=O) groups excluding carboxylic acids is 2. The van der Waals surface area contributed by atoms with Crippen LogP contribution in [0.1, 0.15) is 0 Å². The monoisotopic (exact) mass is 334 g/mol. The second kappa shape index (κ2) is 9.11. The number of rotatable bonds is 7. The molecule has 2 amide bonds. The van der Waals surface area contributed by atoms with Gasteiger partial charge in [0.1, 0.15) is 0 Å². The third-order valence-corrected chi connectivity index (χ3v) is 2.90. The van der Waals surface area contributed by atoms with Crippen molar-refractivity contribution in [2.24, 2.45) is 0 Å². The number of nitrogens with one attached hydrogen (secondary N) is 1. The van der Waals surface area contributed by atoms with Gasteiger partial charge in [0, 0.05) is 27.3 Å². The van der Waals surface area contributed by atoms with E-state index in [2.05, 4.69) is 0 Å². The number of carbonyl (C=O) groups is 2. The Bertz CT molecular complexity index is 561. The lowest BCUT2D eigenvalue weighted by atomic mass is 10.2. The predicted octanol–water partition coefficient (Wildman–Crippen LogP) is 1.16. The molecule has 0 aliphatic rings. The molecule has 0 saturated heterocycles. The number of hydrogen-bond donors (Lipinski definition) is 1. The molecule has 23 heavy (non-hydrogen) atoms. The van der Waals surface area contributed by atoms with Crippen molar-refractivity contribution < 1.29 is 32.2 Å². The van der Waals surface area contributed by atoms with Crippen LogP contribution in [0.25, 0.3) is 0 Å². The molecule has 0 spiro atoms. The van der Waals surface area contributed by atoms with E-state index in [1.165, 1.54) is 14.2 Å². The smallest absolute Gasteiger partial charge is 0.313 e. The topological polar surface area (TPSA) is 67.9 Å². The van der Waals surface area contributed by atoms with Gasteiger partial charge in [0.05, 0.1) is 18.9 Å². The molecule has 0 bridgehead atoms. The SMILES string of the molecule is COCCN(CCOC)C(=O)C(=O)Nc1ccc(F)c(F)c1F. The normalized spacial score (nSPS) is 10.5. The number of anilines is 1. The third-order valence-electron chi connectivity index (χ3n) is 2.90. The molecule has 0 radical (unpaired) electrons. The largest absolute Gasteiger partial charge is 0.383 e. The Balaban J connectivity index is 2.81. The number of methoxy groups -OCH3 is 2. The van der Waals surface area contributed by atoms with Gasteiger partial charge in [0.15, 0.2) is 17.5 Å². The van der Waals surface area contributed by atoms with Gasteiger partial charge in [-0.1, -0.05) is 0 Å². The molecule has 0 aromatic heterocycles. The van der Waals surface area contributed by atoms with E-state index in [-0.39, 0.29) is 26.3 Å². The van der Waals surface area contributed by atoms with Crippen LogP contribution >= 0.6 is 0 Å². The number of halogens is 3. The summed E-state index contributed by atoms with van der Waals surface area (Å²) in [5.41, 5.74) is -0.624. The number of ether oxygens (including phenoxy) is 2. The van der Waals surface area contributed by atoms with Gasteiger partial charge >= 0.3 is 11.8 Å². The van der Waals surface area contributed by atoms with Crippen LogP contribution in [0.2, 0.25) is 0 Å². The molecule has 1 N–H and O–H groups in total. The summed E-state index contributed by atoms with van der Waals surface area (Å²) in [7, 11) is 2.85. The zero-order valence-corrected chi connectivity index (χ0v) is 12.7. The lowest BCUT2D eigenvalue weighted by Crippen LogP contribution is -2.43. The minimum atomic E-state index is -1.73. The number of benzene rings is 1. The summed E-state index contributed by atoms with van der Waals surface area (Å²) in [5, 5.41) is 1.92. The Morgan fingerprint density at radius 3 is 2.13 bits per heavy atom. The number of nitrogens with zero attached hydrogens (tertiary/aromatic N) is 1. The first-order chi connectivity index (χ1) is 10.9. The van der Waals surface area contributed by atoms with Gasteiger partial charge in [-0.05, 0) is 12.1 Å². The molecule has 0 saturated carbocycles. The summed E-state index contributed by atoms with van der Waals surface area (Å²) in [6, 6.07) is 1.47. The molecule has 1 aromatic rings. The predicted molar refractivity (Wildman–Crippen MR) is 75.3 cm³/mol. The molecular formula is C14H17F3N2O4. The van der Waals surface area contributed by atoms with E-state index in [0.717, 1.165) is 11.0 Å². The van der Waals surface area contributed by atoms with Gasteiger partial charge in [-0.25, -0.2) is 13.2 Å². The van der Waals surface area contributed by atoms with Crippen molar-refractivity contribution >= 4 is 17.5 Å². The van der Waals surface area contributed by atoms with Gasteiger partial charge < -0.3 is 19.7 Å². The highest BCUT2D eigenvalue weighted by atomic mass is 19.2. The molecule has 0 unspecified atom stereocenters. The van der Waals surface area contributed by atoms with Gasteiger partial charge in [0.2, 0.25) is 0 Å². The Morgan fingerprint density at radius 2 is 1.61 bits per heavy atom. The van der Waals surface area contributed by atoms with Crippen molar-refractivity contribution in [3.05, 3.63) is 29.6 Å². The first kappa shape index (κ1) is 18.9. The second-order valence-corrected chi connectivity index (χ2v) is 4.45. The molecular weight excluding hydrogens is 317 g/mol. The van der Waals surface area contributed by atoms with Crippen LogP contribution in [0.5, 0.6) is 0 Å². The minimum Gasteiger partial charge on any atom is -0.383 e. The molecule has 9 heteroatoms. The Labute approximate surface area is 131 Å². The van der Waals surface area contributed by atoms with Crippen LogP contribution in [0.4, 0.5) is 18.9 Å². The van der Waals surface area contributed by atoms with E-state index < -0.39 is 35.0 Å². The molecule has 0 aliphatic heterocycles. The third kappa shape index (κ3) is 5.22. The zero-order chi connectivity index (χ0) is 17.4. The van der Waals surface area contributed by atoms with Crippen LogP contribution in [0, 0.1) is 17.5 Å². The lowest BCUT2D eigenvalue weighted by molar-refractivity contribution is -0.144. The molecule has 0 fully saturated rings. The molecule has 0 aliphatic carbocycles. The number of hydrogen-bond acceptors (Lipinski definition) is 4. The maximum absolute atomic E-state index is 13.5. The van der Waals surface area contributed by atoms with Crippen molar-refractivity contribution in [1.82, 2.24) is 4.90 Å². The van der Waals surface area contributed by atoms with Gasteiger partial charge in [-0.15, -0.1) is 0 Å². The Hall–Kier alpha value is -2.13. The summed E-state index contributed by atoms with van der Waals surface area (Å²) in [5.74, 6) is -6.85. The average molecular weight is 334 g/mol.